The van der Waals surface area contributed by atoms with E-state index < -0.39 is 11.6 Å². The Bertz CT molecular complexity index is 486. The van der Waals surface area contributed by atoms with Gasteiger partial charge in [0, 0.05) is 6.54 Å². The van der Waals surface area contributed by atoms with Crippen molar-refractivity contribution in [3.63, 3.8) is 0 Å². The van der Waals surface area contributed by atoms with Crippen LogP contribution in [0.5, 0.6) is 5.75 Å². The summed E-state index contributed by atoms with van der Waals surface area (Å²) in [6.45, 7) is 1.33. The lowest BCUT2D eigenvalue weighted by molar-refractivity contribution is 0.291. The molecule has 0 saturated carbocycles. The molecule has 1 N–H and O–H groups in total. The molecule has 0 amide bonds. The topological polar surface area (TPSA) is 34.4 Å². The number of nitrogens with one attached hydrogen (secondary N) is 1. The Kier molecular flexibility index (Phi) is 4.30. The Morgan fingerprint density at radius 2 is 2.06 bits per heavy atom. The van der Waals surface area contributed by atoms with E-state index in [9.17, 15) is 8.78 Å². The summed E-state index contributed by atoms with van der Waals surface area (Å²) in [6.07, 6.45) is 1.59. The maximum Gasteiger partial charge on any atom is 0.200 e. The summed E-state index contributed by atoms with van der Waals surface area (Å²) in [6, 6.07) is 7.50. The predicted molar refractivity (Wildman–Crippen MR) is 62.3 cm³/mol. The molecule has 96 valence electrons. The van der Waals surface area contributed by atoms with Crippen molar-refractivity contribution in [2.75, 3.05) is 13.2 Å². The van der Waals surface area contributed by atoms with Crippen LogP contribution in [0.15, 0.2) is 41.0 Å². The maximum absolute atomic E-state index is 13.2. The van der Waals surface area contributed by atoms with Gasteiger partial charge in [-0.25, -0.2) is 4.39 Å². The van der Waals surface area contributed by atoms with Gasteiger partial charge in [0.1, 0.15) is 12.4 Å². The molecule has 0 unspecified atom stereocenters. The van der Waals surface area contributed by atoms with Crippen LogP contribution in [-0.2, 0) is 6.54 Å². The molecule has 0 radical (unpaired) electrons. The molecule has 3 nitrogen and oxygen atoms in total. The molecule has 1 aromatic carbocycles. The number of hydrogen-bond acceptors (Lipinski definition) is 3. The second-order valence-electron chi connectivity index (χ2n) is 3.66. The Morgan fingerprint density at radius 3 is 2.83 bits per heavy atom. The molecule has 0 saturated heterocycles. The van der Waals surface area contributed by atoms with Crippen LogP contribution in [0.3, 0.4) is 0 Å². The zero-order chi connectivity index (χ0) is 12.8. The highest BCUT2D eigenvalue weighted by atomic mass is 19.2. The number of halogens is 2. The molecule has 0 aliphatic heterocycles. The van der Waals surface area contributed by atoms with Crippen molar-refractivity contribution in [1.29, 1.82) is 0 Å². The van der Waals surface area contributed by atoms with Gasteiger partial charge in [-0.2, -0.15) is 4.39 Å². The first kappa shape index (κ1) is 12.6. The average Bonchev–Trinajstić information content (AvgIpc) is 2.87. The highest BCUT2D eigenvalue weighted by Crippen LogP contribution is 2.18. The Balaban J connectivity index is 1.70. The Labute approximate surface area is 103 Å². The molecule has 18 heavy (non-hydrogen) atoms. The van der Waals surface area contributed by atoms with E-state index in [4.69, 9.17) is 9.15 Å². The summed E-state index contributed by atoms with van der Waals surface area (Å²) in [7, 11) is 0. The van der Waals surface area contributed by atoms with E-state index in [0.29, 0.717) is 13.1 Å². The summed E-state index contributed by atoms with van der Waals surface area (Å²) >= 11 is 0. The fourth-order valence-corrected chi connectivity index (χ4v) is 1.45. The van der Waals surface area contributed by atoms with Crippen molar-refractivity contribution in [2.45, 2.75) is 6.54 Å². The van der Waals surface area contributed by atoms with E-state index in [-0.39, 0.29) is 12.4 Å². The first-order valence-corrected chi connectivity index (χ1v) is 5.57. The van der Waals surface area contributed by atoms with Crippen LogP contribution in [0.25, 0.3) is 0 Å². The number of rotatable bonds is 6. The molecule has 0 bridgehead atoms. The third-order valence-corrected chi connectivity index (χ3v) is 2.33. The number of furan rings is 1. The highest BCUT2D eigenvalue weighted by molar-refractivity contribution is 5.24. The molecule has 0 atom stereocenters. The van der Waals surface area contributed by atoms with Gasteiger partial charge in [0.05, 0.1) is 12.8 Å². The molecule has 1 heterocycles. The molecule has 1 aromatic heterocycles. The molecule has 0 spiro atoms. The van der Waals surface area contributed by atoms with Crippen LogP contribution in [0.1, 0.15) is 5.76 Å². The van der Waals surface area contributed by atoms with E-state index in [1.807, 2.05) is 6.07 Å². The minimum absolute atomic E-state index is 0.0743. The van der Waals surface area contributed by atoms with Crippen molar-refractivity contribution >= 4 is 0 Å². The summed E-state index contributed by atoms with van der Waals surface area (Å²) < 4.78 is 36.3. The minimum atomic E-state index is -0.955. The Morgan fingerprint density at radius 1 is 1.17 bits per heavy atom. The van der Waals surface area contributed by atoms with Gasteiger partial charge < -0.3 is 14.5 Å². The van der Waals surface area contributed by atoms with E-state index in [2.05, 4.69) is 5.32 Å². The number of hydrogen-bond donors (Lipinski definition) is 1. The molecular weight excluding hydrogens is 240 g/mol. The van der Waals surface area contributed by atoms with Gasteiger partial charge in [0.25, 0.3) is 0 Å². The van der Waals surface area contributed by atoms with E-state index in [0.717, 1.165) is 11.8 Å². The van der Waals surface area contributed by atoms with Gasteiger partial charge in [0.15, 0.2) is 11.6 Å². The average molecular weight is 253 g/mol. The zero-order valence-electron chi connectivity index (χ0n) is 9.66. The smallest absolute Gasteiger partial charge is 0.200 e. The first-order chi connectivity index (χ1) is 8.77. The molecule has 0 fully saturated rings. The normalized spacial score (nSPS) is 10.6. The van der Waals surface area contributed by atoms with Gasteiger partial charge in [-0.05, 0) is 24.3 Å². The number of benzene rings is 1. The second kappa shape index (κ2) is 6.16. The van der Waals surface area contributed by atoms with Gasteiger partial charge in [-0.15, -0.1) is 0 Å². The largest absolute Gasteiger partial charge is 0.489 e. The third-order valence-electron chi connectivity index (χ3n) is 2.33. The lowest BCUT2D eigenvalue weighted by atomic mass is 10.3. The fourth-order valence-electron chi connectivity index (χ4n) is 1.45. The zero-order valence-corrected chi connectivity index (χ0v) is 9.66. The van der Waals surface area contributed by atoms with Crippen LogP contribution in [0.2, 0.25) is 0 Å². The van der Waals surface area contributed by atoms with Crippen molar-refractivity contribution in [1.82, 2.24) is 5.32 Å². The van der Waals surface area contributed by atoms with Crippen molar-refractivity contribution in [2.24, 2.45) is 0 Å². The molecule has 0 aliphatic rings. The summed E-state index contributed by atoms with van der Waals surface area (Å²) in [5, 5.41) is 3.06. The molecule has 0 aliphatic carbocycles. The van der Waals surface area contributed by atoms with Crippen LogP contribution < -0.4 is 10.1 Å². The first-order valence-electron chi connectivity index (χ1n) is 5.57. The van der Waals surface area contributed by atoms with Gasteiger partial charge in [-0.1, -0.05) is 6.07 Å². The molecule has 2 aromatic rings. The predicted octanol–water partition coefficient (Wildman–Crippen LogP) is 2.73. The summed E-state index contributed by atoms with van der Waals surface area (Å²) in [5.41, 5.74) is 0. The van der Waals surface area contributed by atoms with Crippen LogP contribution in [-0.4, -0.2) is 13.2 Å². The number of ether oxygens (including phenoxy) is 1. The standard InChI is InChI=1S/C13H13F2NO2/c14-11-4-1-5-12(13(11)15)18-8-6-16-9-10-3-2-7-17-10/h1-5,7,16H,6,8-9H2. The summed E-state index contributed by atoms with van der Waals surface area (Å²) in [5.74, 6) is -1.12. The molecule has 2 rings (SSSR count). The van der Waals surface area contributed by atoms with E-state index >= 15 is 0 Å². The van der Waals surface area contributed by atoms with Crippen LogP contribution in [0.4, 0.5) is 8.78 Å². The lowest BCUT2D eigenvalue weighted by Crippen LogP contribution is -2.20. The third kappa shape index (κ3) is 3.30. The van der Waals surface area contributed by atoms with Crippen molar-refractivity contribution in [3.8, 4) is 5.75 Å². The highest BCUT2D eigenvalue weighted by Gasteiger charge is 2.07. The maximum atomic E-state index is 13.2. The molecular formula is C13H13F2NO2. The second-order valence-corrected chi connectivity index (χ2v) is 3.66. The minimum Gasteiger partial charge on any atom is -0.489 e. The molecule has 5 heteroatoms. The van der Waals surface area contributed by atoms with E-state index in [1.54, 1.807) is 12.3 Å². The van der Waals surface area contributed by atoms with Gasteiger partial charge >= 0.3 is 0 Å². The van der Waals surface area contributed by atoms with Crippen LogP contribution in [0, 0.1) is 11.6 Å². The fraction of sp³-hybridized carbons (Fsp3) is 0.231. The van der Waals surface area contributed by atoms with Crippen molar-refractivity contribution in [3.05, 3.63) is 54.0 Å². The summed E-state index contributed by atoms with van der Waals surface area (Å²) in [4.78, 5) is 0. The Hall–Kier alpha value is -1.88. The van der Waals surface area contributed by atoms with Gasteiger partial charge in [-0.3, -0.25) is 0 Å². The lowest BCUT2D eigenvalue weighted by Gasteiger charge is -2.07. The SMILES string of the molecule is Fc1cccc(OCCNCc2ccco2)c1F. The van der Waals surface area contributed by atoms with Crippen molar-refractivity contribution < 1.29 is 17.9 Å². The monoisotopic (exact) mass is 253 g/mol. The van der Waals surface area contributed by atoms with Crippen LogP contribution >= 0.6 is 0 Å². The van der Waals surface area contributed by atoms with Gasteiger partial charge in [0.2, 0.25) is 5.82 Å². The quantitative estimate of drug-likeness (QED) is 0.804. The van der Waals surface area contributed by atoms with E-state index in [1.165, 1.54) is 12.1 Å².